The molecular weight excluding hydrogens is 435 g/mol. The fraction of sp³-hybridized carbons (Fsp3) is 0.600. The van der Waals surface area contributed by atoms with Crippen molar-refractivity contribution in [3.05, 3.63) is 54.1 Å². The Hall–Kier alpha value is -0.541. The van der Waals surface area contributed by atoms with Crippen LogP contribution in [0, 0.1) is 0 Å². The zero-order chi connectivity index (χ0) is 19.8. The molecule has 0 saturated carbocycles. The van der Waals surface area contributed by atoms with E-state index in [2.05, 4.69) is 82.3 Å². The summed E-state index contributed by atoms with van der Waals surface area (Å²) < 4.78 is 12.1. The van der Waals surface area contributed by atoms with Crippen molar-refractivity contribution in [1.29, 1.82) is 0 Å². The quantitative estimate of drug-likeness (QED) is 0.184. The molecule has 0 saturated heterocycles. The van der Waals surface area contributed by atoms with Crippen molar-refractivity contribution in [2.45, 2.75) is 85.6 Å². The minimum atomic E-state index is -2.15. The molecule has 1 nitrogen and oxygen atoms in total. The van der Waals surface area contributed by atoms with Crippen LogP contribution in [0.4, 0.5) is 0 Å². The number of hydrogen-bond acceptors (Lipinski definition) is 1. The predicted molar refractivity (Wildman–Crippen MR) is 125 cm³/mol. The Labute approximate surface area is 173 Å². The van der Waals surface area contributed by atoms with Gasteiger partial charge in [-0.25, -0.2) is 0 Å². The van der Waals surface area contributed by atoms with Gasteiger partial charge in [0.1, 0.15) is 0 Å². The van der Waals surface area contributed by atoms with Gasteiger partial charge >= 0.3 is 174 Å². The van der Waals surface area contributed by atoms with Crippen LogP contribution in [0.1, 0.15) is 71.8 Å². The molecule has 0 N–H and O–H groups in total. The molecule has 0 bridgehead atoms. The van der Waals surface area contributed by atoms with Crippen LogP contribution in [-0.4, -0.2) is 29.1 Å². The van der Waals surface area contributed by atoms with Crippen LogP contribution >= 0.6 is 0 Å². The average Bonchev–Trinajstić information content (AvgIpc) is 2.71. The molecule has 0 fully saturated rings. The average molecular weight is 477 g/mol. The number of unbranched alkanes of at least 4 members (excludes halogenated alkanes) is 3. The van der Waals surface area contributed by atoms with E-state index in [0.717, 1.165) is 4.62 Å². The molecular formula is C25H42OSn. The zero-order valence-electron chi connectivity index (χ0n) is 18.3. The van der Waals surface area contributed by atoms with Crippen molar-refractivity contribution < 1.29 is 4.74 Å². The molecule has 0 aliphatic rings. The molecule has 1 aromatic carbocycles. The van der Waals surface area contributed by atoms with Gasteiger partial charge in [0.05, 0.1) is 0 Å². The van der Waals surface area contributed by atoms with E-state index in [1.807, 2.05) is 0 Å². The molecule has 0 aliphatic carbocycles. The maximum atomic E-state index is 6.42. The summed E-state index contributed by atoms with van der Waals surface area (Å²) in [5.74, 6) is 0. The van der Waals surface area contributed by atoms with Crippen LogP contribution in [-0.2, 0) is 4.74 Å². The van der Waals surface area contributed by atoms with Crippen LogP contribution in [0.15, 0.2) is 48.6 Å². The maximum absolute atomic E-state index is 6.42. The third-order valence-electron chi connectivity index (χ3n) is 5.42. The summed E-state index contributed by atoms with van der Waals surface area (Å²) in [5, 5.41) is 0. The molecule has 0 heterocycles. The third-order valence-corrected chi connectivity index (χ3v) is 19.7. The number of allylic oxidation sites excluding steroid dienone is 2. The summed E-state index contributed by atoms with van der Waals surface area (Å²) in [6.07, 6.45) is 17.1. The van der Waals surface area contributed by atoms with Gasteiger partial charge in [0, 0.05) is 0 Å². The van der Waals surface area contributed by atoms with Crippen LogP contribution in [0.25, 0.3) is 6.08 Å². The van der Waals surface area contributed by atoms with Gasteiger partial charge in [-0.15, -0.1) is 0 Å². The van der Waals surface area contributed by atoms with Gasteiger partial charge in [-0.2, -0.15) is 0 Å². The Balaban J connectivity index is 2.59. The molecule has 1 atom stereocenters. The molecule has 0 aromatic heterocycles. The summed E-state index contributed by atoms with van der Waals surface area (Å²) in [4.78, 5) is 0. The van der Waals surface area contributed by atoms with E-state index < -0.39 is 18.4 Å². The van der Waals surface area contributed by atoms with E-state index >= 15 is 0 Å². The summed E-state index contributed by atoms with van der Waals surface area (Å²) in [6.45, 7) is 9.20. The molecule has 152 valence electrons. The number of rotatable bonds is 15. The third kappa shape index (κ3) is 11.1. The van der Waals surface area contributed by atoms with E-state index in [0.29, 0.717) is 0 Å². The first-order valence-corrected chi connectivity index (χ1v) is 19.2. The first kappa shape index (κ1) is 24.5. The fourth-order valence-corrected chi connectivity index (χ4v) is 18.1. The van der Waals surface area contributed by atoms with Crippen molar-refractivity contribution in [3.63, 3.8) is 0 Å². The number of ether oxygens (including phenoxy) is 1. The summed E-state index contributed by atoms with van der Waals surface area (Å²) >= 11 is -2.15. The second-order valence-corrected chi connectivity index (χ2v) is 21.6. The summed E-state index contributed by atoms with van der Waals surface area (Å²) in [7, 11) is 0. The van der Waals surface area contributed by atoms with Crippen molar-refractivity contribution in [2.75, 3.05) is 4.62 Å². The van der Waals surface area contributed by atoms with Crippen LogP contribution < -0.4 is 0 Å². The Morgan fingerprint density at radius 1 is 0.852 bits per heavy atom. The molecule has 0 radical (unpaired) electrons. The Morgan fingerprint density at radius 2 is 1.41 bits per heavy atom. The molecule has 0 aliphatic heterocycles. The van der Waals surface area contributed by atoms with E-state index in [1.165, 1.54) is 57.4 Å². The van der Waals surface area contributed by atoms with Crippen LogP contribution in [0.3, 0.4) is 0 Å². The Kier molecular flexibility index (Phi) is 14.0. The number of hydrogen-bond donors (Lipinski definition) is 0. The second-order valence-electron chi connectivity index (χ2n) is 7.98. The van der Waals surface area contributed by atoms with E-state index in [4.69, 9.17) is 4.74 Å². The molecule has 27 heavy (non-hydrogen) atoms. The minimum absolute atomic E-state index is 0.214. The molecule has 1 aromatic rings. The molecule has 0 spiro atoms. The first-order chi connectivity index (χ1) is 13.2. The van der Waals surface area contributed by atoms with Crippen molar-refractivity contribution in [3.8, 4) is 0 Å². The van der Waals surface area contributed by atoms with Crippen molar-refractivity contribution >= 4 is 24.5 Å². The monoisotopic (exact) mass is 478 g/mol. The topological polar surface area (TPSA) is 9.23 Å². The van der Waals surface area contributed by atoms with Gasteiger partial charge < -0.3 is 0 Å². The van der Waals surface area contributed by atoms with Gasteiger partial charge in [-0.3, -0.25) is 0 Å². The Morgan fingerprint density at radius 3 is 1.93 bits per heavy atom. The predicted octanol–water partition coefficient (Wildman–Crippen LogP) is 8.05. The standard InChI is InChI=1S/C13H15O.3C4H9.Sn/c1-12(14-2)8-6-7-11-13-9-4-3-5-10-13;3*1-3-4-2;/h3-12H,2H2,1H3;3*1,3-4H2,2H3;/b8-6+,11-7+;;;;. The molecule has 1 rings (SSSR count). The SMILES string of the molecule is CCC[CH2][Sn]([CH2]CCC)([CH2]CCC)[CH2]OC(C)/C=C/C=C/c1ccccc1. The van der Waals surface area contributed by atoms with Crippen molar-refractivity contribution in [2.24, 2.45) is 0 Å². The molecule has 0 amide bonds. The zero-order valence-corrected chi connectivity index (χ0v) is 21.1. The van der Waals surface area contributed by atoms with Gasteiger partial charge in [0.25, 0.3) is 0 Å². The molecule has 2 heteroatoms. The number of benzene rings is 1. The van der Waals surface area contributed by atoms with Gasteiger partial charge in [-0.05, 0) is 0 Å². The van der Waals surface area contributed by atoms with E-state index in [9.17, 15) is 0 Å². The van der Waals surface area contributed by atoms with Crippen LogP contribution in [0.5, 0.6) is 0 Å². The van der Waals surface area contributed by atoms with Crippen molar-refractivity contribution in [1.82, 2.24) is 0 Å². The molecule has 1 unspecified atom stereocenters. The van der Waals surface area contributed by atoms with Gasteiger partial charge in [0.2, 0.25) is 0 Å². The van der Waals surface area contributed by atoms with Gasteiger partial charge in [-0.1, -0.05) is 0 Å². The Bertz CT molecular complexity index is 499. The normalized spacial score (nSPS) is 13.6. The van der Waals surface area contributed by atoms with Crippen LogP contribution in [0.2, 0.25) is 13.3 Å². The second kappa shape index (κ2) is 15.4. The first-order valence-electron chi connectivity index (χ1n) is 11.2. The fourth-order valence-electron chi connectivity index (χ4n) is 3.56. The van der Waals surface area contributed by atoms with E-state index in [1.54, 1.807) is 0 Å². The van der Waals surface area contributed by atoms with Gasteiger partial charge in [0.15, 0.2) is 0 Å². The van der Waals surface area contributed by atoms with E-state index in [-0.39, 0.29) is 6.10 Å². The summed E-state index contributed by atoms with van der Waals surface area (Å²) in [6, 6.07) is 10.5. The summed E-state index contributed by atoms with van der Waals surface area (Å²) in [5.41, 5.74) is 1.24.